The zero-order valence-electron chi connectivity index (χ0n) is 7.69. The van der Waals surface area contributed by atoms with E-state index in [0.717, 1.165) is 0 Å². The van der Waals surface area contributed by atoms with Gasteiger partial charge in [0.15, 0.2) is 0 Å². The van der Waals surface area contributed by atoms with Gasteiger partial charge in [0.2, 0.25) is 0 Å². The van der Waals surface area contributed by atoms with Crippen LogP contribution in [0.15, 0.2) is 11.6 Å². The van der Waals surface area contributed by atoms with Crippen LogP contribution in [0.4, 0.5) is 0 Å². The van der Waals surface area contributed by atoms with Crippen molar-refractivity contribution in [2.24, 2.45) is 0 Å². The van der Waals surface area contributed by atoms with Crippen LogP contribution in [0, 0.1) is 0 Å². The van der Waals surface area contributed by atoms with E-state index in [0.29, 0.717) is 6.04 Å². The number of likely N-dealkylation sites (N-methyl/N-ethyl adjacent to an activating group) is 1. The van der Waals surface area contributed by atoms with Gasteiger partial charge in [-0.1, -0.05) is 18.6 Å². The second-order valence-corrected chi connectivity index (χ2v) is 3.27. The standard InChI is InChI=1S/C10H19N/c1-3-10(11-2)9-7-5-4-6-8-9/h7,10-11H,3-6,8H2,1-2H3. The van der Waals surface area contributed by atoms with Crippen LogP contribution in [0.2, 0.25) is 0 Å². The van der Waals surface area contributed by atoms with Crippen LogP contribution < -0.4 is 5.32 Å². The van der Waals surface area contributed by atoms with E-state index < -0.39 is 0 Å². The lowest BCUT2D eigenvalue weighted by Gasteiger charge is -2.21. The first-order chi connectivity index (χ1) is 5.38. The fourth-order valence-corrected chi connectivity index (χ4v) is 1.83. The lowest BCUT2D eigenvalue weighted by molar-refractivity contribution is 0.559. The second kappa shape index (κ2) is 4.55. The third-order valence-corrected chi connectivity index (χ3v) is 2.53. The minimum absolute atomic E-state index is 0.648. The lowest BCUT2D eigenvalue weighted by atomic mass is 9.93. The average Bonchev–Trinajstić information content (AvgIpc) is 2.09. The smallest absolute Gasteiger partial charge is 0.0273 e. The van der Waals surface area contributed by atoms with Crippen molar-refractivity contribution in [2.45, 2.75) is 45.1 Å². The van der Waals surface area contributed by atoms with Crippen LogP contribution in [-0.4, -0.2) is 13.1 Å². The molecule has 1 atom stereocenters. The molecule has 0 radical (unpaired) electrons. The van der Waals surface area contributed by atoms with Gasteiger partial charge in [-0.2, -0.15) is 0 Å². The molecule has 1 N–H and O–H groups in total. The maximum atomic E-state index is 3.35. The summed E-state index contributed by atoms with van der Waals surface area (Å²) in [4.78, 5) is 0. The largest absolute Gasteiger partial charge is 0.313 e. The maximum Gasteiger partial charge on any atom is 0.0273 e. The molecule has 1 heteroatoms. The number of hydrogen-bond donors (Lipinski definition) is 1. The molecule has 0 saturated heterocycles. The van der Waals surface area contributed by atoms with Gasteiger partial charge in [0, 0.05) is 6.04 Å². The Kier molecular flexibility index (Phi) is 3.64. The Hall–Kier alpha value is -0.300. The first-order valence-electron chi connectivity index (χ1n) is 4.74. The Morgan fingerprint density at radius 1 is 1.55 bits per heavy atom. The van der Waals surface area contributed by atoms with Gasteiger partial charge in [0.25, 0.3) is 0 Å². The van der Waals surface area contributed by atoms with E-state index in [9.17, 15) is 0 Å². The highest BCUT2D eigenvalue weighted by Crippen LogP contribution is 2.21. The number of nitrogens with one attached hydrogen (secondary N) is 1. The lowest BCUT2D eigenvalue weighted by Crippen LogP contribution is -2.27. The van der Waals surface area contributed by atoms with Crippen molar-refractivity contribution in [3.05, 3.63) is 11.6 Å². The summed E-state index contributed by atoms with van der Waals surface area (Å²) in [6.45, 7) is 2.25. The molecule has 0 amide bonds. The Morgan fingerprint density at radius 2 is 2.36 bits per heavy atom. The first kappa shape index (κ1) is 8.79. The zero-order valence-corrected chi connectivity index (χ0v) is 7.69. The van der Waals surface area contributed by atoms with Gasteiger partial charge in [-0.15, -0.1) is 0 Å². The predicted octanol–water partition coefficient (Wildman–Crippen LogP) is 2.48. The number of hydrogen-bond acceptors (Lipinski definition) is 1. The fourth-order valence-electron chi connectivity index (χ4n) is 1.83. The molecule has 0 spiro atoms. The Labute approximate surface area is 69.9 Å². The molecule has 1 unspecified atom stereocenters. The van der Waals surface area contributed by atoms with Crippen molar-refractivity contribution in [1.29, 1.82) is 0 Å². The third kappa shape index (κ3) is 2.33. The topological polar surface area (TPSA) is 12.0 Å². The quantitative estimate of drug-likeness (QED) is 0.614. The van der Waals surface area contributed by atoms with E-state index >= 15 is 0 Å². The molecule has 0 bridgehead atoms. The summed E-state index contributed by atoms with van der Waals surface area (Å²) in [5.41, 5.74) is 1.64. The molecular weight excluding hydrogens is 134 g/mol. The molecule has 1 aliphatic rings. The van der Waals surface area contributed by atoms with E-state index in [-0.39, 0.29) is 0 Å². The zero-order chi connectivity index (χ0) is 8.10. The summed E-state index contributed by atoms with van der Waals surface area (Å²) in [7, 11) is 2.06. The third-order valence-electron chi connectivity index (χ3n) is 2.53. The summed E-state index contributed by atoms with van der Waals surface area (Å²) in [6.07, 6.45) is 9.05. The monoisotopic (exact) mass is 153 g/mol. The van der Waals surface area contributed by atoms with Crippen LogP contribution >= 0.6 is 0 Å². The fraction of sp³-hybridized carbons (Fsp3) is 0.800. The van der Waals surface area contributed by atoms with Gasteiger partial charge in [0.1, 0.15) is 0 Å². The Morgan fingerprint density at radius 3 is 2.82 bits per heavy atom. The Balaban J connectivity index is 2.48. The minimum Gasteiger partial charge on any atom is -0.313 e. The highest BCUT2D eigenvalue weighted by atomic mass is 14.9. The first-order valence-corrected chi connectivity index (χ1v) is 4.74. The van der Waals surface area contributed by atoms with Crippen molar-refractivity contribution >= 4 is 0 Å². The van der Waals surface area contributed by atoms with Crippen molar-refractivity contribution in [2.75, 3.05) is 7.05 Å². The summed E-state index contributed by atoms with van der Waals surface area (Å²) in [5, 5.41) is 3.35. The molecule has 1 nitrogen and oxygen atoms in total. The maximum absolute atomic E-state index is 3.35. The van der Waals surface area contributed by atoms with Crippen LogP contribution in [-0.2, 0) is 0 Å². The highest BCUT2D eigenvalue weighted by Gasteiger charge is 2.11. The average molecular weight is 153 g/mol. The van der Waals surface area contributed by atoms with E-state index in [1.165, 1.54) is 32.1 Å². The van der Waals surface area contributed by atoms with Crippen LogP contribution in [0.3, 0.4) is 0 Å². The van der Waals surface area contributed by atoms with Gasteiger partial charge in [-0.3, -0.25) is 0 Å². The Bertz CT molecular complexity index is 134. The molecular formula is C10H19N. The van der Waals surface area contributed by atoms with Gasteiger partial charge >= 0.3 is 0 Å². The SMILES string of the molecule is CCC(NC)C1=CCCCC1. The van der Waals surface area contributed by atoms with Crippen molar-refractivity contribution in [1.82, 2.24) is 5.32 Å². The number of rotatable bonds is 3. The predicted molar refractivity (Wildman–Crippen MR) is 49.7 cm³/mol. The molecule has 0 aromatic carbocycles. The molecule has 0 aromatic rings. The van der Waals surface area contributed by atoms with Crippen LogP contribution in [0.1, 0.15) is 39.0 Å². The van der Waals surface area contributed by atoms with E-state index in [1.807, 2.05) is 0 Å². The number of allylic oxidation sites excluding steroid dienone is 1. The molecule has 0 aliphatic heterocycles. The van der Waals surface area contributed by atoms with Gasteiger partial charge < -0.3 is 5.32 Å². The van der Waals surface area contributed by atoms with E-state index in [4.69, 9.17) is 0 Å². The van der Waals surface area contributed by atoms with Gasteiger partial charge in [0.05, 0.1) is 0 Å². The minimum atomic E-state index is 0.648. The summed E-state index contributed by atoms with van der Waals surface area (Å²) >= 11 is 0. The second-order valence-electron chi connectivity index (χ2n) is 3.27. The molecule has 1 aliphatic carbocycles. The molecule has 64 valence electrons. The summed E-state index contributed by atoms with van der Waals surface area (Å²) in [6, 6.07) is 0.648. The highest BCUT2D eigenvalue weighted by molar-refractivity contribution is 5.12. The molecule has 11 heavy (non-hydrogen) atoms. The van der Waals surface area contributed by atoms with E-state index in [2.05, 4.69) is 25.4 Å². The van der Waals surface area contributed by atoms with Crippen LogP contribution in [0.25, 0.3) is 0 Å². The van der Waals surface area contributed by atoms with Crippen molar-refractivity contribution in [3.63, 3.8) is 0 Å². The molecule has 0 aromatic heterocycles. The van der Waals surface area contributed by atoms with Crippen molar-refractivity contribution in [3.8, 4) is 0 Å². The normalized spacial score (nSPS) is 21.1. The van der Waals surface area contributed by atoms with Crippen molar-refractivity contribution < 1.29 is 0 Å². The summed E-state index contributed by atoms with van der Waals surface area (Å²) in [5.74, 6) is 0. The molecule has 0 heterocycles. The van der Waals surface area contributed by atoms with Gasteiger partial charge in [-0.05, 0) is 39.2 Å². The summed E-state index contributed by atoms with van der Waals surface area (Å²) < 4.78 is 0. The molecule has 1 rings (SSSR count). The molecule has 0 saturated carbocycles. The van der Waals surface area contributed by atoms with Crippen LogP contribution in [0.5, 0.6) is 0 Å². The van der Waals surface area contributed by atoms with Gasteiger partial charge in [-0.25, -0.2) is 0 Å². The van der Waals surface area contributed by atoms with E-state index in [1.54, 1.807) is 5.57 Å². The molecule has 0 fully saturated rings.